The van der Waals surface area contributed by atoms with E-state index in [1.807, 2.05) is 0 Å². The fraction of sp³-hybridized carbons (Fsp3) is 0.400. The predicted octanol–water partition coefficient (Wildman–Crippen LogP) is 2.75. The second-order valence-corrected chi connectivity index (χ2v) is 6.98. The average molecular weight is 337 g/mol. The topological polar surface area (TPSA) is 68.5 Å². The number of rotatable bonds is 5. The van der Waals surface area contributed by atoms with Crippen LogP contribution in [-0.4, -0.2) is 34.0 Å². The van der Waals surface area contributed by atoms with Crippen molar-refractivity contribution in [2.75, 3.05) is 0 Å². The highest BCUT2D eigenvalue weighted by molar-refractivity contribution is 5.90. The van der Waals surface area contributed by atoms with Crippen molar-refractivity contribution in [2.45, 2.75) is 50.4 Å². The second kappa shape index (κ2) is 6.84. The van der Waals surface area contributed by atoms with E-state index in [0.29, 0.717) is 18.0 Å². The monoisotopic (exact) mass is 337 g/mol. The van der Waals surface area contributed by atoms with Gasteiger partial charge in [0.05, 0.1) is 0 Å². The molecule has 1 amide bonds. The number of amides is 1. The average Bonchev–Trinajstić information content (AvgIpc) is 2.85. The summed E-state index contributed by atoms with van der Waals surface area (Å²) in [5, 5.41) is 0. The maximum atomic E-state index is 11.3. The highest BCUT2D eigenvalue weighted by Crippen LogP contribution is 2.38. The number of benzene rings is 1. The lowest BCUT2D eigenvalue weighted by Gasteiger charge is -2.38. The Morgan fingerprint density at radius 3 is 2.48 bits per heavy atom. The number of pyridine rings is 1. The molecule has 1 aromatic carbocycles. The molecule has 5 heteroatoms. The van der Waals surface area contributed by atoms with Gasteiger partial charge in [-0.3, -0.25) is 9.69 Å². The van der Waals surface area contributed by atoms with E-state index >= 15 is 0 Å². The van der Waals surface area contributed by atoms with Gasteiger partial charge >= 0.3 is 0 Å². The van der Waals surface area contributed by atoms with E-state index in [2.05, 4.69) is 40.2 Å². The lowest BCUT2D eigenvalue weighted by molar-refractivity contribution is 0.0421. The summed E-state index contributed by atoms with van der Waals surface area (Å²) in [7, 11) is 0. The number of hydrogen-bond acceptors (Lipinski definition) is 4. The third-order valence-electron chi connectivity index (χ3n) is 5.31. The molecule has 130 valence electrons. The second-order valence-electron chi connectivity index (χ2n) is 6.98. The maximum Gasteiger partial charge on any atom is 0.267 e. The summed E-state index contributed by atoms with van der Waals surface area (Å²) in [5.41, 5.74) is 6.92. The van der Waals surface area contributed by atoms with E-state index in [1.54, 1.807) is 18.2 Å². The Balaban J connectivity index is 1.41. The van der Waals surface area contributed by atoms with E-state index < -0.39 is 5.91 Å². The number of ether oxygens (including phenoxy) is 1. The van der Waals surface area contributed by atoms with Gasteiger partial charge in [0.2, 0.25) is 5.88 Å². The zero-order valence-electron chi connectivity index (χ0n) is 14.2. The predicted molar refractivity (Wildman–Crippen MR) is 95.2 cm³/mol. The van der Waals surface area contributed by atoms with Crippen LogP contribution >= 0.6 is 0 Å². The zero-order valence-corrected chi connectivity index (χ0v) is 14.2. The Labute approximate surface area is 147 Å². The standard InChI is InChI=1S/C20H23N3O2/c21-20(24)18-7-4-8-19(22-18)25-17-11-15-9-10-16(12-17)23(15)13-14-5-2-1-3-6-14/h1-8,15-17H,9-13H2,(H2,21,24)/t15-,16+,17?. The van der Waals surface area contributed by atoms with E-state index in [9.17, 15) is 4.79 Å². The van der Waals surface area contributed by atoms with Crippen molar-refractivity contribution in [3.8, 4) is 5.88 Å². The van der Waals surface area contributed by atoms with Crippen molar-refractivity contribution in [1.82, 2.24) is 9.88 Å². The number of fused-ring (bicyclic) bond motifs is 2. The number of nitrogens with zero attached hydrogens (tertiary/aromatic N) is 2. The van der Waals surface area contributed by atoms with Gasteiger partial charge in [-0.25, -0.2) is 4.98 Å². The van der Waals surface area contributed by atoms with Crippen LogP contribution in [0, 0.1) is 0 Å². The molecule has 3 atom stereocenters. The van der Waals surface area contributed by atoms with Gasteiger partial charge in [0.15, 0.2) is 0 Å². The molecule has 0 spiro atoms. The minimum absolute atomic E-state index is 0.153. The number of carbonyl (C=O) groups excluding carboxylic acids is 1. The lowest BCUT2D eigenvalue weighted by Crippen LogP contribution is -2.45. The van der Waals surface area contributed by atoms with Crippen molar-refractivity contribution in [2.24, 2.45) is 5.73 Å². The molecule has 2 fully saturated rings. The molecular weight excluding hydrogens is 314 g/mol. The van der Waals surface area contributed by atoms with Crippen LogP contribution in [0.1, 0.15) is 41.7 Å². The fourth-order valence-corrected chi connectivity index (χ4v) is 4.16. The SMILES string of the molecule is NC(=O)c1cccc(OC2C[C@H]3CC[C@@H](C2)N3Cc2ccccc2)n1. The number of primary amides is 1. The van der Waals surface area contributed by atoms with Crippen molar-refractivity contribution in [3.63, 3.8) is 0 Å². The molecule has 2 bridgehead atoms. The van der Waals surface area contributed by atoms with Crippen LogP contribution in [0.5, 0.6) is 5.88 Å². The van der Waals surface area contributed by atoms with Crippen molar-refractivity contribution >= 4 is 5.91 Å². The first-order chi connectivity index (χ1) is 12.2. The summed E-state index contributed by atoms with van der Waals surface area (Å²) < 4.78 is 6.08. The van der Waals surface area contributed by atoms with Crippen LogP contribution in [0.15, 0.2) is 48.5 Å². The number of nitrogens with two attached hydrogens (primary N) is 1. The van der Waals surface area contributed by atoms with Crippen molar-refractivity contribution in [3.05, 3.63) is 59.8 Å². The highest BCUT2D eigenvalue weighted by atomic mass is 16.5. The molecule has 2 aliphatic heterocycles. The van der Waals surface area contributed by atoms with Crippen LogP contribution in [0.3, 0.4) is 0 Å². The molecule has 5 nitrogen and oxygen atoms in total. The van der Waals surface area contributed by atoms with Gasteiger partial charge in [-0.1, -0.05) is 36.4 Å². The van der Waals surface area contributed by atoms with Crippen LogP contribution in [0.25, 0.3) is 0 Å². The molecular formula is C20H23N3O2. The lowest BCUT2D eigenvalue weighted by atomic mass is 9.99. The molecule has 4 rings (SSSR count). The van der Waals surface area contributed by atoms with Gasteiger partial charge in [0.25, 0.3) is 5.91 Å². The minimum Gasteiger partial charge on any atom is -0.474 e. The minimum atomic E-state index is -0.525. The smallest absolute Gasteiger partial charge is 0.267 e. The van der Waals surface area contributed by atoms with E-state index in [1.165, 1.54) is 18.4 Å². The first-order valence-electron chi connectivity index (χ1n) is 8.92. The molecule has 0 aliphatic carbocycles. The summed E-state index contributed by atoms with van der Waals surface area (Å²) in [4.78, 5) is 18.1. The summed E-state index contributed by atoms with van der Waals surface area (Å²) in [6, 6.07) is 16.9. The Morgan fingerprint density at radius 1 is 1.08 bits per heavy atom. The molecule has 2 N–H and O–H groups in total. The molecule has 0 radical (unpaired) electrons. The van der Waals surface area contributed by atoms with Gasteiger partial charge in [-0.2, -0.15) is 0 Å². The molecule has 0 saturated carbocycles. The highest BCUT2D eigenvalue weighted by Gasteiger charge is 2.41. The summed E-state index contributed by atoms with van der Waals surface area (Å²) >= 11 is 0. The summed E-state index contributed by atoms with van der Waals surface area (Å²) in [5.74, 6) is -0.0274. The molecule has 3 heterocycles. The van der Waals surface area contributed by atoms with E-state index in [0.717, 1.165) is 19.4 Å². The maximum absolute atomic E-state index is 11.3. The number of hydrogen-bond donors (Lipinski definition) is 1. The fourth-order valence-electron chi connectivity index (χ4n) is 4.16. The Kier molecular flexibility index (Phi) is 4.40. The number of aromatic nitrogens is 1. The van der Waals surface area contributed by atoms with Crippen LogP contribution in [0.4, 0.5) is 0 Å². The zero-order chi connectivity index (χ0) is 17.2. The van der Waals surface area contributed by atoms with Crippen molar-refractivity contribution in [1.29, 1.82) is 0 Å². The Hall–Kier alpha value is -2.40. The van der Waals surface area contributed by atoms with Crippen LogP contribution in [0.2, 0.25) is 0 Å². The molecule has 1 aromatic heterocycles. The van der Waals surface area contributed by atoms with Gasteiger partial charge in [-0.05, 0) is 37.3 Å². The first kappa shape index (κ1) is 16.1. The van der Waals surface area contributed by atoms with E-state index in [-0.39, 0.29) is 11.8 Å². The third-order valence-corrected chi connectivity index (χ3v) is 5.31. The van der Waals surface area contributed by atoms with E-state index in [4.69, 9.17) is 10.5 Å². The van der Waals surface area contributed by atoms with Gasteiger partial charge in [0.1, 0.15) is 11.8 Å². The van der Waals surface area contributed by atoms with Crippen LogP contribution in [-0.2, 0) is 6.54 Å². The Bertz CT molecular complexity index is 736. The Morgan fingerprint density at radius 2 is 1.80 bits per heavy atom. The normalized spacial score (nSPS) is 25.7. The van der Waals surface area contributed by atoms with Crippen LogP contribution < -0.4 is 10.5 Å². The molecule has 1 unspecified atom stereocenters. The molecule has 2 aromatic rings. The number of piperidine rings is 1. The van der Waals surface area contributed by atoms with Gasteiger partial charge in [0, 0.05) is 24.7 Å². The molecule has 2 saturated heterocycles. The summed E-state index contributed by atoms with van der Waals surface area (Å²) in [6.07, 6.45) is 4.62. The molecule has 2 aliphatic rings. The summed E-state index contributed by atoms with van der Waals surface area (Å²) in [6.45, 7) is 1.01. The van der Waals surface area contributed by atoms with Gasteiger partial charge in [-0.15, -0.1) is 0 Å². The third kappa shape index (κ3) is 3.51. The molecule has 25 heavy (non-hydrogen) atoms. The number of carbonyl (C=O) groups is 1. The first-order valence-corrected chi connectivity index (χ1v) is 8.92. The van der Waals surface area contributed by atoms with Gasteiger partial charge < -0.3 is 10.5 Å². The quantitative estimate of drug-likeness (QED) is 0.911. The largest absolute Gasteiger partial charge is 0.474 e. The van der Waals surface area contributed by atoms with Crippen molar-refractivity contribution < 1.29 is 9.53 Å².